The monoisotopic (exact) mass is 275 g/mol. The summed E-state index contributed by atoms with van der Waals surface area (Å²) in [6.07, 6.45) is 3.86. The lowest BCUT2D eigenvalue weighted by molar-refractivity contribution is -0.122. The Hall–Kier alpha value is -1.39. The van der Waals surface area contributed by atoms with Crippen LogP contribution in [0.5, 0.6) is 0 Å². The normalized spacial score (nSPS) is 19.3. The number of amides is 1. The molecule has 1 heterocycles. The molecule has 110 valence electrons. The molecule has 0 aromatic heterocycles. The minimum atomic E-state index is -0.579. The molecule has 2 rings (SSSR count). The second kappa shape index (κ2) is 7.41. The van der Waals surface area contributed by atoms with Crippen LogP contribution < -0.4 is 11.1 Å². The zero-order valence-corrected chi connectivity index (χ0v) is 12.2. The Morgan fingerprint density at radius 2 is 1.90 bits per heavy atom. The van der Waals surface area contributed by atoms with E-state index in [1.807, 2.05) is 30.3 Å². The van der Waals surface area contributed by atoms with Crippen LogP contribution in [0.15, 0.2) is 30.3 Å². The number of carbonyl (C=O) groups excluding carboxylic acids is 1. The van der Waals surface area contributed by atoms with E-state index in [9.17, 15) is 4.79 Å². The van der Waals surface area contributed by atoms with Crippen molar-refractivity contribution in [1.29, 1.82) is 0 Å². The van der Waals surface area contributed by atoms with Crippen LogP contribution in [0.4, 0.5) is 0 Å². The maximum atomic E-state index is 12.1. The number of benzene rings is 1. The summed E-state index contributed by atoms with van der Waals surface area (Å²) in [6.45, 7) is 5.11. The highest BCUT2D eigenvalue weighted by molar-refractivity contribution is 5.82. The number of likely N-dealkylation sites (tertiary alicyclic amines) is 1. The molecule has 0 saturated carbocycles. The lowest BCUT2D eigenvalue weighted by Crippen LogP contribution is -2.46. The molecular formula is C16H25N3O. The van der Waals surface area contributed by atoms with E-state index < -0.39 is 6.04 Å². The molecule has 4 nitrogen and oxygen atoms in total. The van der Waals surface area contributed by atoms with Gasteiger partial charge in [-0.25, -0.2) is 0 Å². The van der Waals surface area contributed by atoms with Crippen LogP contribution in [0.3, 0.4) is 0 Å². The molecule has 1 unspecified atom stereocenters. The minimum Gasteiger partial charge on any atom is -0.353 e. The van der Waals surface area contributed by atoms with Gasteiger partial charge < -0.3 is 11.1 Å². The van der Waals surface area contributed by atoms with E-state index in [-0.39, 0.29) is 5.91 Å². The van der Waals surface area contributed by atoms with Crippen molar-refractivity contribution < 1.29 is 4.79 Å². The molecule has 2 atom stereocenters. The van der Waals surface area contributed by atoms with Gasteiger partial charge in [-0.05, 0) is 38.4 Å². The molecule has 3 N–H and O–H groups in total. The van der Waals surface area contributed by atoms with Crippen molar-refractivity contribution in [3.8, 4) is 0 Å². The largest absolute Gasteiger partial charge is 0.353 e. The lowest BCUT2D eigenvalue weighted by atomic mass is 10.1. The molecule has 0 spiro atoms. The van der Waals surface area contributed by atoms with Gasteiger partial charge in [-0.1, -0.05) is 36.8 Å². The fourth-order valence-corrected chi connectivity index (χ4v) is 2.66. The molecule has 0 bridgehead atoms. The Kier molecular flexibility index (Phi) is 5.56. The van der Waals surface area contributed by atoms with Crippen LogP contribution in [0.2, 0.25) is 0 Å². The molecule has 4 heteroatoms. The number of hydrogen-bond acceptors (Lipinski definition) is 3. The third kappa shape index (κ3) is 4.05. The van der Waals surface area contributed by atoms with Gasteiger partial charge in [0.2, 0.25) is 5.91 Å². The molecule has 0 radical (unpaired) electrons. The van der Waals surface area contributed by atoms with Gasteiger partial charge in [0.25, 0.3) is 0 Å². The van der Waals surface area contributed by atoms with Gasteiger partial charge in [-0.3, -0.25) is 9.69 Å². The Labute approximate surface area is 121 Å². The second-order valence-electron chi connectivity index (χ2n) is 5.58. The third-order valence-electron chi connectivity index (χ3n) is 4.03. The first-order valence-corrected chi connectivity index (χ1v) is 7.51. The average Bonchev–Trinajstić information content (AvgIpc) is 2.53. The highest BCUT2D eigenvalue weighted by Gasteiger charge is 2.19. The van der Waals surface area contributed by atoms with E-state index in [0.717, 1.165) is 18.7 Å². The molecule has 1 amide bonds. The van der Waals surface area contributed by atoms with Crippen LogP contribution in [-0.4, -0.2) is 36.5 Å². The van der Waals surface area contributed by atoms with Crippen molar-refractivity contribution in [3.05, 3.63) is 35.9 Å². The summed E-state index contributed by atoms with van der Waals surface area (Å²) in [5.74, 6) is -0.0972. The Morgan fingerprint density at radius 1 is 1.25 bits per heavy atom. The highest BCUT2D eigenvalue weighted by Crippen LogP contribution is 2.12. The average molecular weight is 275 g/mol. The van der Waals surface area contributed by atoms with Crippen LogP contribution in [0.1, 0.15) is 37.8 Å². The molecule has 1 aromatic rings. The summed E-state index contributed by atoms with van der Waals surface area (Å²) in [5.41, 5.74) is 6.83. The number of nitrogens with zero attached hydrogens (tertiary/aromatic N) is 1. The van der Waals surface area contributed by atoms with Crippen molar-refractivity contribution in [3.63, 3.8) is 0 Å². The first-order chi connectivity index (χ1) is 9.68. The molecule has 1 saturated heterocycles. The van der Waals surface area contributed by atoms with Gasteiger partial charge in [-0.2, -0.15) is 0 Å². The predicted molar refractivity (Wildman–Crippen MR) is 81.3 cm³/mol. The summed E-state index contributed by atoms with van der Waals surface area (Å²) < 4.78 is 0. The third-order valence-corrected chi connectivity index (χ3v) is 4.03. The van der Waals surface area contributed by atoms with Crippen LogP contribution in [-0.2, 0) is 4.79 Å². The van der Waals surface area contributed by atoms with Crippen molar-refractivity contribution >= 4 is 5.91 Å². The van der Waals surface area contributed by atoms with Gasteiger partial charge in [0.1, 0.15) is 6.04 Å². The van der Waals surface area contributed by atoms with E-state index in [4.69, 9.17) is 5.73 Å². The molecule has 1 aliphatic rings. The molecule has 1 fully saturated rings. The van der Waals surface area contributed by atoms with Crippen molar-refractivity contribution in [2.75, 3.05) is 19.6 Å². The lowest BCUT2D eigenvalue weighted by Gasteiger charge is -2.32. The minimum absolute atomic E-state index is 0.0972. The van der Waals surface area contributed by atoms with E-state index >= 15 is 0 Å². The number of piperidine rings is 1. The summed E-state index contributed by atoms with van der Waals surface area (Å²) in [6, 6.07) is 9.30. The molecule has 20 heavy (non-hydrogen) atoms. The fraction of sp³-hybridized carbons (Fsp3) is 0.562. The predicted octanol–water partition coefficient (Wildman–Crippen LogP) is 1.68. The van der Waals surface area contributed by atoms with E-state index in [2.05, 4.69) is 17.1 Å². The Morgan fingerprint density at radius 3 is 2.55 bits per heavy atom. The maximum absolute atomic E-state index is 12.1. The first-order valence-electron chi connectivity index (χ1n) is 7.51. The standard InChI is InChI=1S/C16H25N3O/c1-13(19-10-6-3-7-11-19)12-18-16(20)15(17)14-8-4-2-5-9-14/h2,4-5,8-9,13,15H,3,6-7,10-12,17H2,1H3,(H,18,20)/t13?,15-/m0/s1. The zero-order chi connectivity index (χ0) is 14.4. The van der Waals surface area contributed by atoms with E-state index in [1.54, 1.807) is 0 Å². The van der Waals surface area contributed by atoms with Gasteiger partial charge in [0, 0.05) is 12.6 Å². The topological polar surface area (TPSA) is 58.4 Å². The summed E-state index contributed by atoms with van der Waals surface area (Å²) in [7, 11) is 0. The Balaban J connectivity index is 1.79. The first kappa shape index (κ1) is 15.0. The second-order valence-corrected chi connectivity index (χ2v) is 5.58. The van der Waals surface area contributed by atoms with Crippen molar-refractivity contribution in [1.82, 2.24) is 10.2 Å². The summed E-state index contributed by atoms with van der Waals surface area (Å²) in [4.78, 5) is 14.5. The Bertz CT molecular complexity index is 415. The van der Waals surface area contributed by atoms with Crippen LogP contribution >= 0.6 is 0 Å². The van der Waals surface area contributed by atoms with Crippen molar-refractivity contribution in [2.45, 2.75) is 38.3 Å². The van der Waals surface area contributed by atoms with Gasteiger partial charge in [-0.15, -0.1) is 0 Å². The summed E-state index contributed by atoms with van der Waals surface area (Å²) in [5, 5.41) is 2.97. The molecule has 1 aromatic carbocycles. The summed E-state index contributed by atoms with van der Waals surface area (Å²) >= 11 is 0. The number of nitrogens with one attached hydrogen (secondary N) is 1. The van der Waals surface area contributed by atoms with Gasteiger partial charge in [0.15, 0.2) is 0 Å². The maximum Gasteiger partial charge on any atom is 0.241 e. The number of hydrogen-bond donors (Lipinski definition) is 2. The van der Waals surface area contributed by atoms with Gasteiger partial charge in [0.05, 0.1) is 0 Å². The molecular weight excluding hydrogens is 250 g/mol. The number of rotatable bonds is 5. The number of nitrogens with two attached hydrogens (primary N) is 1. The quantitative estimate of drug-likeness (QED) is 0.859. The van der Waals surface area contributed by atoms with Crippen LogP contribution in [0.25, 0.3) is 0 Å². The SMILES string of the molecule is CC(CNC(=O)[C@@H](N)c1ccccc1)N1CCCCC1. The van der Waals surface area contributed by atoms with E-state index in [0.29, 0.717) is 12.6 Å². The van der Waals surface area contributed by atoms with E-state index in [1.165, 1.54) is 19.3 Å². The van der Waals surface area contributed by atoms with Crippen molar-refractivity contribution in [2.24, 2.45) is 5.73 Å². The van der Waals surface area contributed by atoms with Crippen LogP contribution in [0, 0.1) is 0 Å². The van der Waals surface area contributed by atoms with Gasteiger partial charge >= 0.3 is 0 Å². The number of carbonyl (C=O) groups is 1. The highest BCUT2D eigenvalue weighted by atomic mass is 16.2. The smallest absolute Gasteiger partial charge is 0.241 e. The molecule has 0 aliphatic carbocycles. The zero-order valence-electron chi connectivity index (χ0n) is 12.2. The molecule has 1 aliphatic heterocycles. The fourth-order valence-electron chi connectivity index (χ4n) is 2.66.